The number of aliphatic hydroxyl groups is 1. The van der Waals surface area contributed by atoms with Gasteiger partial charge in [-0.1, -0.05) is 0 Å². The van der Waals surface area contributed by atoms with E-state index < -0.39 is 0 Å². The van der Waals surface area contributed by atoms with Gasteiger partial charge in [-0.05, 0) is 38.8 Å². The number of nitrogens with zero attached hydrogens (tertiary/aromatic N) is 2. The zero-order valence-corrected chi connectivity index (χ0v) is 18.6. The fourth-order valence-corrected chi connectivity index (χ4v) is 5.01. The fraction of sp³-hybridized carbons (Fsp3) is 0.762. The van der Waals surface area contributed by atoms with Crippen molar-refractivity contribution >= 4 is 17.3 Å². The molecule has 0 radical (unpaired) electrons. The number of aliphatic imine (C=N–C) groups is 1. The van der Waals surface area contributed by atoms with Gasteiger partial charge in [0.25, 0.3) is 0 Å². The van der Waals surface area contributed by atoms with Crippen molar-refractivity contribution in [1.29, 1.82) is 0 Å². The van der Waals surface area contributed by atoms with Crippen LogP contribution in [0.5, 0.6) is 0 Å². The SMILES string of the molecule is CCNC(=NCC1(CCO)CCOC1)NCC(c1ccc(C)s1)N1CCOCC1. The van der Waals surface area contributed by atoms with Crippen LogP contribution >= 0.6 is 11.3 Å². The Bertz CT molecular complexity index is 640. The average Bonchev–Trinajstić information content (AvgIpc) is 3.37. The first kappa shape index (κ1) is 22.5. The number of nitrogens with one attached hydrogen (secondary N) is 2. The molecule has 2 atom stereocenters. The summed E-state index contributed by atoms with van der Waals surface area (Å²) in [5.41, 5.74) is -0.0361. The van der Waals surface area contributed by atoms with Crippen LogP contribution in [0.25, 0.3) is 0 Å². The van der Waals surface area contributed by atoms with Gasteiger partial charge in [0, 0.05) is 54.6 Å². The highest BCUT2D eigenvalue weighted by molar-refractivity contribution is 7.12. The van der Waals surface area contributed by atoms with Crippen molar-refractivity contribution in [2.45, 2.75) is 32.7 Å². The average molecular weight is 425 g/mol. The Kier molecular flexibility index (Phi) is 8.74. The van der Waals surface area contributed by atoms with Crippen LogP contribution < -0.4 is 10.6 Å². The van der Waals surface area contributed by atoms with Crippen LogP contribution in [0.2, 0.25) is 0 Å². The summed E-state index contributed by atoms with van der Waals surface area (Å²) in [5, 5.41) is 16.4. The molecular formula is C21H36N4O3S. The van der Waals surface area contributed by atoms with E-state index in [1.54, 1.807) is 0 Å². The number of thiophene rings is 1. The Morgan fingerprint density at radius 3 is 2.72 bits per heavy atom. The van der Waals surface area contributed by atoms with Gasteiger partial charge < -0.3 is 25.2 Å². The minimum Gasteiger partial charge on any atom is -0.396 e. The van der Waals surface area contributed by atoms with Crippen molar-refractivity contribution < 1.29 is 14.6 Å². The number of guanidine groups is 1. The summed E-state index contributed by atoms with van der Waals surface area (Å²) >= 11 is 1.87. The summed E-state index contributed by atoms with van der Waals surface area (Å²) in [5.74, 6) is 0.836. The van der Waals surface area contributed by atoms with Gasteiger partial charge in [-0.15, -0.1) is 11.3 Å². The number of rotatable bonds is 9. The summed E-state index contributed by atoms with van der Waals surface area (Å²) < 4.78 is 11.2. The lowest BCUT2D eigenvalue weighted by Gasteiger charge is -2.34. The van der Waals surface area contributed by atoms with Gasteiger partial charge >= 0.3 is 0 Å². The number of ether oxygens (including phenoxy) is 2. The van der Waals surface area contributed by atoms with Crippen molar-refractivity contribution in [2.75, 3.05) is 65.8 Å². The molecule has 7 nitrogen and oxygen atoms in total. The smallest absolute Gasteiger partial charge is 0.191 e. The third-order valence-electron chi connectivity index (χ3n) is 5.78. The van der Waals surface area contributed by atoms with Crippen LogP contribution in [0, 0.1) is 12.3 Å². The number of aryl methyl sites for hydroxylation is 1. The first-order valence-electron chi connectivity index (χ1n) is 10.7. The van der Waals surface area contributed by atoms with Crippen molar-refractivity contribution in [2.24, 2.45) is 10.4 Å². The minimum absolute atomic E-state index is 0.0361. The Labute approximate surface area is 178 Å². The number of hydrogen-bond acceptors (Lipinski definition) is 6. The van der Waals surface area contributed by atoms with E-state index in [1.165, 1.54) is 9.75 Å². The summed E-state index contributed by atoms with van der Waals surface area (Å²) in [4.78, 5) is 10.1. The quantitative estimate of drug-likeness (QED) is 0.414. The summed E-state index contributed by atoms with van der Waals surface area (Å²) in [6.07, 6.45) is 1.70. The molecular weight excluding hydrogens is 388 g/mol. The molecule has 1 aromatic heterocycles. The lowest BCUT2D eigenvalue weighted by molar-refractivity contribution is 0.0177. The van der Waals surface area contributed by atoms with Crippen LogP contribution in [-0.2, 0) is 9.47 Å². The monoisotopic (exact) mass is 424 g/mol. The van der Waals surface area contributed by atoms with E-state index in [-0.39, 0.29) is 12.0 Å². The molecule has 1 aromatic rings. The second kappa shape index (κ2) is 11.3. The van der Waals surface area contributed by atoms with Gasteiger partial charge in [0.15, 0.2) is 5.96 Å². The lowest BCUT2D eigenvalue weighted by Crippen LogP contribution is -2.46. The van der Waals surface area contributed by atoms with Crippen molar-refractivity contribution in [3.8, 4) is 0 Å². The van der Waals surface area contributed by atoms with Gasteiger partial charge in [0.1, 0.15) is 0 Å². The zero-order chi connectivity index (χ0) is 20.5. The molecule has 0 spiro atoms. The van der Waals surface area contributed by atoms with E-state index in [0.29, 0.717) is 19.2 Å². The maximum Gasteiger partial charge on any atom is 0.191 e. The highest BCUT2D eigenvalue weighted by Gasteiger charge is 2.34. The molecule has 2 aliphatic heterocycles. The molecule has 0 bridgehead atoms. The van der Waals surface area contributed by atoms with Gasteiger partial charge in [-0.2, -0.15) is 0 Å². The molecule has 2 unspecified atom stereocenters. The maximum absolute atomic E-state index is 9.46. The fourth-order valence-electron chi connectivity index (χ4n) is 4.00. The standard InChI is InChI=1S/C21H36N4O3S/c1-3-22-20(24-15-21(6-10-26)7-11-28-16-21)23-14-18(19-5-4-17(2)29-19)25-8-12-27-13-9-25/h4-5,18,26H,3,6-16H2,1-2H3,(H2,22,23,24). The molecule has 2 fully saturated rings. The molecule has 3 rings (SSSR count). The summed E-state index contributed by atoms with van der Waals surface area (Å²) in [6.45, 7) is 11.6. The van der Waals surface area contributed by atoms with Crippen LogP contribution in [0.3, 0.4) is 0 Å². The van der Waals surface area contributed by atoms with E-state index in [1.807, 2.05) is 11.3 Å². The van der Waals surface area contributed by atoms with Crippen LogP contribution in [0.4, 0.5) is 0 Å². The molecule has 3 N–H and O–H groups in total. The highest BCUT2D eigenvalue weighted by atomic mass is 32.1. The van der Waals surface area contributed by atoms with Gasteiger partial charge in [-0.3, -0.25) is 9.89 Å². The van der Waals surface area contributed by atoms with E-state index in [9.17, 15) is 5.11 Å². The predicted molar refractivity (Wildman–Crippen MR) is 118 cm³/mol. The van der Waals surface area contributed by atoms with E-state index >= 15 is 0 Å². The third-order valence-corrected chi connectivity index (χ3v) is 6.88. The molecule has 0 amide bonds. The van der Waals surface area contributed by atoms with Gasteiger partial charge in [0.2, 0.25) is 0 Å². The van der Waals surface area contributed by atoms with Gasteiger partial charge in [0.05, 0.1) is 32.4 Å². The number of hydrogen-bond donors (Lipinski definition) is 3. The third kappa shape index (κ3) is 6.39. The second-order valence-electron chi connectivity index (χ2n) is 7.96. The molecule has 2 aliphatic rings. The summed E-state index contributed by atoms with van der Waals surface area (Å²) in [7, 11) is 0. The van der Waals surface area contributed by atoms with Crippen molar-refractivity contribution in [3.63, 3.8) is 0 Å². The minimum atomic E-state index is -0.0361. The van der Waals surface area contributed by atoms with Crippen molar-refractivity contribution in [1.82, 2.24) is 15.5 Å². The second-order valence-corrected chi connectivity index (χ2v) is 9.28. The summed E-state index contributed by atoms with van der Waals surface area (Å²) in [6, 6.07) is 4.76. The van der Waals surface area contributed by atoms with Crippen molar-refractivity contribution in [3.05, 3.63) is 21.9 Å². The molecule has 164 valence electrons. The van der Waals surface area contributed by atoms with Crippen LogP contribution in [-0.4, -0.2) is 81.7 Å². The van der Waals surface area contributed by atoms with Crippen LogP contribution in [0.15, 0.2) is 17.1 Å². The zero-order valence-electron chi connectivity index (χ0n) is 17.8. The first-order chi connectivity index (χ1) is 14.2. The molecule has 29 heavy (non-hydrogen) atoms. The van der Waals surface area contributed by atoms with Crippen LogP contribution in [0.1, 0.15) is 35.6 Å². The molecule has 2 saturated heterocycles. The Hall–Kier alpha value is -1.19. The Balaban J connectivity index is 1.67. The maximum atomic E-state index is 9.46. The van der Waals surface area contributed by atoms with E-state index in [2.05, 4.69) is 41.5 Å². The van der Waals surface area contributed by atoms with Gasteiger partial charge in [-0.25, -0.2) is 0 Å². The highest BCUT2D eigenvalue weighted by Crippen LogP contribution is 2.32. The molecule has 0 aromatic carbocycles. The molecule has 8 heteroatoms. The first-order valence-corrected chi connectivity index (χ1v) is 11.6. The number of aliphatic hydroxyl groups excluding tert-OH is 1. The lowest BCUT2D eigenvalue weighted by atomic mass is 9.84. The normalized spacial score (nSPS) is 24.6. The number of morpholine rings is 1. The van der Waals surface area contributed by atoms with E-state index in [0.717, 1.165) is 64.8 Å². The van der Waals surface area contributed by atoms with E-state index in [4.69, 9.17) is 14.5 Å². The Morgan fingerprint density at radius 2 is 2.10 bits per heavy atom. The Morgan fingerprint density at radius 1 is 1.28 bits per heavy atom. The predicted octanol–water partition coefficient (Wildman–Crippen LogP) is 1.77. The molecule has 3 heterocycles. The topological polar surface area (TPSA) is 78.4 Å². The molecule has 0 aliphatic carbocycles. The molecule has 0 saturated carbocycles. The largest absolute Gasteiger partial charge is 0.396 e.